The van der Waals surface area contributed by atoms with E-state index < -0.39 is 17.7 Å². The zero-order chi connectivity index (χ0) is 19.1. The zero-order valence-corrected chi connectivity index (χ0v) is 15.5. The van der Waals surface area contributed by atoms with Crippen molar-refractivity contribution in [3.05, 3.63) is 76.2 Å². The molecule has 7 heteroatoms. The Labute approximate surface area is 159 Å². The van der Waals surface area contributed by atoms with Crippen LogP contribution in [0.25, 0.3) is 5.76 Å². The van der Waals surface area contributed by atoms with E-state index in [1.165, 1.54) is 22.5 Å². The zero-order valence-electron chi connectivity index (χ0n) is 14.7. The van der Waals surface area contributed by atoms with Gasteiger partial charge in [0.1, 0.15) is 17.6 Å². The number of Topliss-reactive ketones (excluding diaryl/α,β-unsaturated/α-hetero) is 1. The highest BCUT2D eigenvalue weighted by Gasteiger charge is 2.49. The maximum atomic E-state index is 12.8. The van der Waals surface area contributed by atoms with Crippen molar-refractivity contribution in [1.82, 2.24) is 4.98 Å². The van der Waals surface area contributed by atoms with Crippen LogP contribution < -0.4 is 4.90 Å². The molecule has 1 atom stereocenters. The molecule has 1 fully saturated rings. The Bertz CT molecular complexity index is 1030. The van der Waals surface area contributed by atoms with Crippen molar-refractivity contribution in [2.45, 2.75) is 19.9 Å². The third-order valence-electron chi connectivity index (χ3n) is 4.53. The molecule has 1 saturated heterocycles. The van der Waals surface area contributed by atoms with Crippen LogP contribution in [0.15, 0.2) is 58.7 Å². The number of aryl methyl sites for hydroxylation is 2. The Morgan fingerprint density at radius 2 is 1.89 bits per heavy atom. The summed E-state index contributed by atoms with van der Waals surface area (Å²) in [4.78, 5) is 32.3. The third kappa shape index (κ3) is 2.76. The van der Waals surface area contributed by atoms with E-state index in [1.807, 2.05) is 13.8 Å². The Kier molecular flexibility index (Phi) is 4.16. The standard InChI is InChI=1S/C20H16N2O4S/c1-11-12(2)27-20(21-11)22-16(14-9-6-10-26-14)15(18(24)19(22)25)17(23)13-7-4-3-5-8-13/h3-10,16,23H,1-2H3/t16-/m1/s1. The van der Waals surface area contributed by atoms with Gasteiger partial charge in [-0.2, -0.15) is 0 Å². The first-order chi connectivity index (χ1) is 13.0. The maximum absolute atomic E-state index is 12.8. The summed E-state index contributed by atoms with van der Waals surface area (Å²) in [5.74, 6) is -1.34. The molecule has 1 aliphatic rings. The summed E-state index contributed by atoms with van der Waals surface area (Å²) in [7, 11) is 0. The molecule has 0 saturated carbocycles. The second kappa shape index (κ2) is 6.51. The van der Waals surface area contributed by atoms with Gasteiger partial charge in [0.2, 0.25) is 0 Å². The van der Waals surface area contributed by atoms with Crippen LogP contribution in [0.4, 0.5) is 5.13 Å². The summed E-state index contributed by atoms with van der Waals surface area (Å²) in [6.45, 7) is 3.75. The van der Waals surface area contributed by atoms with Gasteiger partial charge in [0, 0.05) is 10.4 Å². The molecule has 1 amide bonds. The monoisotopic (exact) mass is 380 g/mol. The molecule has 2 aromatic heterocycles. The molecule has 0 bridgehead atoms. The van der Waals surface area contributed by atoms with Crippen LogP contribution in [0.3, 0.4) is 0 Å². The fourth-order valence-corrected chi connectivity index (χ4v) is 3.99. The molecule has 27 heavy (non-hydrogen) atoms. The molecule has 3 heterocycles. The van der Waals surface area contributed by atoms with E-state index in [2.05, 4.69) is 4.98 Å². The van der Waals surface area contributed by atoms with Gasteiger partial charge in [-0.25, -0.2) is 4.98 Å². The normalized spacial score (nSPS) is 19.0. The van der Waals surface area contributed by atoms with Crippen molar-refractivity contribution in [2.75, 3.05) is 4.90 Å². The number of thiazole rings is 1. The molecule has 6 nitrogen and oxygen atoms in total. The summed E-state index contributed by atoms with van der Waals surface area (Å²) in [6.07, 6.45) is 1.47. The molecule has 4 rings (SSSR count). The fourth-order valence-electron chi connectivity index (χ4n) is 3.06. The lowest BCUT2D eigenvalue weighted by Crippen LogP contribution is -2.29. The highest BCUT2D eigenvalue weighted by atomic mass is 32.1. The van der Waals surface area contributed by atoms with Gasteiger partial charge < -0.3 is 9.52 Å². The molecular formula is C20H16N2O4S. The van der Waals surface area contributed by atoms with E-state index in [1.54, 1.807) is 42.5 Å². The van der Waals surface area contributed by atoms with Crippen molar-refractivity contribution in [3.8, 4) is 0 Å². The molecule has 1 aromatic carbocycles. The number of ketones is 1. The molecule has 0 unspecified atom stereocenters. The van der Waals surface area contributed by atoms with Crippen LogP contribution >= 0.6 is 11.3 Å². The van der Waals surface area contributed by atoms with Crippen LogP contribution in [0.1, 0.15) is 27.9 Å². The minimum absolute atomic E-state index is 0.00773. The molecule has 0 aliphatic carbocycles. The third-order valence-corrected chi connectivity index (χ3v) is 5.60. The first kappa shape index (κ1) is 17.2. The number of hydrogen-bond acceptors (Lipinski definition) is 6. The van der Waals surface area contributed by atoms with Gasteiger partial charge in [0.25, 0.3) is 5.78 Å². The number of hydrogen-bond donors (Lipinski definition) is 1. The number of benzene rings is 1. The average molecular weight is 380 g/mol. The number of aliphatic hydroxyl groups excluding tert-OH is 1. The quantitative estimate of drug-likeness (QED) is 0.422. The van der Waals surface area contributed by atoms with E-state index in [0.29, 0.717) is 16.5 Å². The Morgan fingerprint density at radius 3 is 2.48 bits per heavy atom. The number of rotatable bonds is 3. The fraction of sp³-hybridized carbons (Fsp3) is 0.150. The Hall–Kier alpha value is -3.19. The predicted molar refractivity (Wildman–Crippen MR) is 102 cm³/mol. The van der Waals surface area contributed by atoms with E-state index in [-0.39, 0.29) is 11.3 Å². The average Bonchev–Trinajstić information content (AvgIpc) is 3.36. The first-order valence-corrected chi connectivity index (χ1v) is 9.14. The number of carbonyl (C=O) groups is 2. The minimum Gasteiger partial charge on any atom is -0.507 e. The van der Waals surface area contributed by atoms with E-state index >= 15 is 0 Å². The molecule has 0 radical (unpaired) electrons. The highest BCUT2D eigenvalue weighted by Crippen LogP contribution is 2.43. The summed E-state index contributed by atoms with van der Waals surface area (Å²) >= 11 is 1.32. The predicted octanol–water partition coefficient (Wildman–Crippen LogP) is 3.98. The summed E-state index contributed by atoms with van der Waals surface area (Å²) in [5.41, 5.74) is 1.24. The van der Waals surface area contributed by atoms with Gasteiger partial charge in [-0.15, -0.1) is 11.3 Å². The second-order valence-corrected chi connectivity index (χ2v) is 7.37. The topological polar surface area (TPSA) is 83.6 Å². The molecule has 1 N–H and O–H groups in total. The summed E-state index contributed by atoms with van der Waals surface area (Å²) in [5, 5.41) is 11.2. The maximum Gasteiger partial charge on any atom is 0.302 e. The lowest BCUT2D eigenvalue weighted by molar-refractivity contribution is -0.132. The Morgan fingerprint density at radius 1 is 1.15 bits per heavy atom. The number of anilines is 1. The van der Waals surface area contributed by atoms with E-state index in [4.69, 9.17) is 4.42 Å². The van der Waals surface area contributed by atoms with Gasteiger partial charge in [-0.05, 0) is 26.0 Å². The van der Waals surface area contributed by atoms with Gasteiger partial charge >= 0.3 is 5.91 Å². The lowest BCUT2D eigenvalue weighted by atomic mass is 9.99. The number of amides is 1. The van der Waals surface area contributed by atoms with E-state index in [9.17, 15) is 14.7 Å². The highest BCUT2D eigenvalue weighted by molar-refractivity contribution is 7.16. The van der Waals surface area contributed by atoms with Crippen LogP contribution in [-0.4, -0.2) is 21.8 Å². The van der Waals surface area contributed by atoms with Crippen LogP contribution in [0.2, 0.25) is 0 Å². The van der Waals surface area contributed by atoms with Crippen LogP contribution in [0, 0.1) is 13.8 Å². The smallest absolute Gasteiger partial charge is 0.302 e. The number of furan rings is 1. The first-order valence-electron chi connectivity index (χ1n) is 8.33. The SMILES string of the molecule is Cc1nc(N2C(=O)C(=O)C(=C(O)c3ccccc3)[C@H]2c2ccco2)sc1C. The van der Waals surface area contributed by atoms with Gasteiger partial charge in [-0.1, -0.05) is 30.3 Å². The van der Waals surface area contributed by atoms with Crippen molar-refractivity contribution < 1.29 is 19.1 Å². The minimum atomic E-state index is -0.870. The van der Waals surface area contributed by atoms with Crippen LogP contribution in [0.5, 0.6) is 0 Å². The summed E-state index contributed by atoms with van der Waals surface area (Å²) < 4.78 is 5.50. The van der Waals surface area contributed by atoms with Crippen LogP contribution in [-0.2, 0) is 9.59 Å². The molecule has 136 valence electrons. The van der Waals surface area contributed by atoms with Crippen molar-refractivity contribution in [2.24, 2.45) is 0 Å². The number of aromatic nitrogens is 1. The number of aliphatic hydroxyl groups is 1. The van der Waals surface area contributed by atoms with Crippen molar-refractivity contribution in [1.29, 1.82) is 0 Å². The van der Waals surface area contributed by atoms with Crippen molar-refractivity contribution >= 4 is 33.9 Å². The number of carbonyl (C=O) groups excluding carboxylic acids is 2. The molecule has 3 aromatic rings. The lowest BCUT2D eigenvalue weighted by Gasteiger charge is -2.20. The van der Waals surface area contributed by atoms with Gasteiger partial charge in [0.05, 0.1) is 17.5 Å². The largest absolute Gasteiger partial charge is 0.507 e. The molecular weight excluding hydrogens is 364 g/mol. The van der Waals surface area contributed by atoms with Gasteiger partial charge in [-0.3, -0.25) is 14.5 Å². The molecule has 1 aliphatic heterocycles. The second-order valence-electron chi connectivity index (χ2n) is 6.19. The summed E-state index contributed by atoms with van der Waals surface area (Å²) in [6, 6.07) is 11.2. The number of nitrogens with zero attached hydrogens (tertiary/aromatic N) is 2. The van der Waals surface area contributed by atoms with Gasteiger partial charge in [0.15, 0.2) is 5.13 Å². The van der Waals surface area contributed by atoms with E-state index in [0.717, 1.165) is 10.6 Å². The molecule has 0 spiro atoms. The Balaban J connectivity index is 1.94. The van der Waals surface area contributed by atoms with Crippen molar-refractivity contribution in [3.63, 3.8) is 0 Å².